The molecule has 0 aliphatic heterocycles. The minimum Gasteiger partial charge on any atom is -0.273 e. The summed E-state index contributed by atoms with van der Waals surface area (Å²) < 4.78 is 0. The molecular weight excluding hydrogens is 226 g/mol. The van der Waals surface area contributed by atoms with E-state index in [2.05, 4.69) is 19.3 Å². The first kappa shape index (κ1) is 12.5. The highest BCUT2D eigenvalue weighted by molar-refractivity contribution is 5.78. The number of amides is 1. The van der Waals surface area contributed by atoms with Crippen LogP contribution in [-0.4, -0.2) is 12.5 Å². The molecule has 4 aliphatic carbocycles. The quantitative estimate of drug-likeness (QED) is 0.780. The first-order valence-electron chi connectivity index (χ1n) is 7.55. The Balaban J connectivity index is 1.57. The molecular formula is C15H25NO2. The predicted octanol–water partition coefficient (Wildman–Crippen LogP) is 2.76. The highest BCUT2D eigenvalue weighted by Crippen LogP contribution is 2.56. The fourth-order valence-electron chi connectivity index (χ4n) is 4.70. The molecule has 4 saturated carbocycles. The summed E-state index contributed by atoms with van der Waals surface area (Å²) in [7, 11) is 0. The average Bonchev–Trinajstić information content (AvgIpc) is 2.26. The number of carbonyl (C=O) groups excluding carboxylic acids is 1. The molecule has 0 unspecified atom stereocenters. The monoisotopic (exact) mass is 251 g/mol. The van der Waals surface area contributed by atoms with Crippen LogP contribution in [0.4, 0.5) is 0 Å². The maximum Gasteiger partial charge on any atom is 0.247 e. The zero-order valence-corrected chi connectivity index (χ0v) is 11.5. The maximum absolute atomic E-state index is 12.3. The molecule has 0 aromatic rings. The van der Waals surface area contributed by atoms with Gasteiger partial charge in [-0.1, -0.05) is 13.8 Å². The standard InChI is InChI=1S/C15H25NO2/c1-9(2)8-18-16-15(17)14-12-4-10-3-11(6-12)7-13(14)5-10/h9-14H,3-8H2,1-2H3,(H,16,17). The van der Waals surface area contributed by atoms with Crippen molar-refractivity contribution in [3.05, 3.63) is 0 Å². The van der Waals surface area contributed by atoms with Crippen molar-refractivity contribution in [1.82, 2.24) is 5.48 Å². The summed E-state index contributed by atoms with van der Waals surface area (Å²) in [5, 5.41) is 0. The van der Waals surface area contributed by atoms with Crippen LogP contribution in [-0.2, 0) is 9.63 Å². The second-order valence-corrected chi connectivity index (χ2v) is 7.13. The fraction of sp³-hybridized carbons (Fsp3) is 0.933. The van der Waals surface area contributed by atoms with Gasteiger partial charge in [0.25, 0.3) is 0 Å². The molecule has 0 spiro atoms. The minimum absolute atomic E-state index is 0.157. The first-order chi connectivity index (χ1) is 8.63. The van der Waals surface area contributed by atoms with Crippen molar-refractivity contribution >= 4 is 5.91 Å². The zero-order chi connectivity index (χ0) is 12.7. The predicted molar refractivity (Wildman–Crippen MR) is 69.5 cm³/mol. The van der Waals surface area contributed by atoms with E-state index in [-0.39, 0.29) is 11.8 Å². The molecule has 4 bridgehead atoms. The largest absolute Gasteiger partial charge is 0.273 e. The van der Waals surface area contributed by atoms with Crippen molar-refractivity contribution in [2.45, 2.75) is 46.0 Å². The third kappa shape index (κ3) is 2.29. The highest BCUT2D eigenvalue weighted by atomic mass is 16.6. The van der Waals surface area contributed by atoms with Crippen LogP contribution in [0.2, 0.25) is 0 Å². The van der Waals surface area contributed by atoms with Crippen molar-refractivity contribution in [2.24, 2.45) is 35.5 Å². The molecule has 18 heavy (non-hydrogen) atoms. The number of hydrogen-bond acceptors (Lipinski definition) is 2. The van der Waals surface area contributed by atoms with Gasteiger partial charge in [-0.3, -0.25) is 9.63 Å². The summed E-state index contributed by atoms with van der Waals surface area (Å²) in [6.45, 7) is 4.79. The molecule has 1 N–H and O–H groups in total. The SMILES string of the molecule is CC(C)CONC(=O)C1C2CC3CC(C2)CC1C3. The van der Waals surface area contributed by atoms with Gasteiger partial charge in [-0.25, -0.2) is 5.48 Å². The van der Waals surface area contributed by atoms with E-state index in [0.717, 1.165) is 11.8 Å². The van der Waals surface area contributed by atoms with Crippen LogP contribution in [0.1, 0.15) is 46.0 Å². The van der Waals surface area contributed by atoms with Crippen LogP contribution in [0.15, 0.2) is 0 Å². The van der Waals surface area contributed by atoms with E-state index in [9.17, 15) is 4.79 Å². The molecule has 0 atom stereocenters. The Bertz CT molecular complexity index is 298. The van der Waals surface area contributed by atoms with Gasteiger partial charge >= 0.3 is 0 Å². The molecule has 4 rings (SSSR count). The summed E-state index contributed by atoms with van der Waals surface area (Å²) in [6.07, 6.45) is 6.58. The van der Waals surface area contributed by atoms with Crippen molar-refractivity contribution in [2.75, 3.05) is 6.61 Å². The summed E-state index contributed by atoms with van der Waals surface area (Å²) in [5.74, 6) is 3.99. The number of nitrogens with one attached hydrogen (secondary N) is 1. The topological polar surface area (TPSA) is 38.3 Å². The molecule has 0 aromatic heterocycles. The van der Waals surface area contributed by atoms with Crippen LogP contribution in [0.25, 0.3) is 0 Å². The van der Waals surface area contributed by atoms with Crippen molar-refractivity contribution in [3.8, 4) is 0 Å². The lowest BCUT2D eigenvalue weighted by Gasteiger charge is -2.53. The van der Waals surface area contributed by atoms with Crippen molar-refractivity contribution < 1.29 is 9.63 Å². The molecule has 3 nitrogen and oxygen atoms in total. The lowest BCUT2D eigenvalue weighted by molar-refractivity contribution is -0.151. The summed E-state index contributed by atoms with van der Waals surface area (Å²) in [4.78, 5) is 17.6. The molecule has 0 aromatic carbocycles. The lowest BCUT2D eigenvalue weighted by atomic mass is 9.52. The first-order valence-corrected chi connectivity index (χ1v) is 7.55. The molecule has 3 heteroatoms. The highest BCUT2D eigenvalue weighted by Gasteiger charge is 2.50. The third-order valence-electron chi connectivity index (χ3n) is 5.12. The van der Waals surface area contributed by atoms with Gasteiger partial charge in [-0.2, -0.15) is 0 Å². The van der Waals surface area contributed by atoms with Gasteiger partial charge in [-0.05, 0) is 61.7 Å². The average molecular weight is 251 g/mol. The third-order valence-corrected chi connectivity index (χ3v) is 5.12. The van der Waals surface area contributed by atoms with E-state index in [0.29, 0.717) is 24.4 Å². The van der Waals surface area contributed by atoms with E-state index < -0.39 is 0 Å². The van der Waals surface area contributed by atoms with Gasteiger partial charge in [0.1, 0.15) is 0 Å². The van der Waals surface area contributed by atoms with E-state index in [1.54, 1.807) is 0 Å². The lowest BCUT2D eigenvalue weighted by Crippen LogP contribution is -2.51. The normalized spacial score (nSPS) is 41.4. The Morgan fingerprint density at radius 3 is 2.17 bits per heavy atom. The molecule has 4 fully saturated rings. The number of hydroxylamine groups is 1. The second kappa shape index (κ2) is 4.84. The molecule has 4 aliphatic rings. The molecule has 0 heterocycles. The van der Waals surface area contributed by atoms with E-state index >= 15 is 0 Å². The minimum atomic E-state index is 0.157. The zero-order valence-electron chi connectivity index (χ0n) is 11.5. The Hall–Kier alpha value is -0.570. The van der Waals surface area contributed by atoms with Crippen LogP contribution in [0, 0.1) is 35.5 Å². The second-order valence-electron chi connectivity index (χ2n) is 7.13. The van der Waals surface area contributed by atoms with Gasteiger partial charge in [0.2, 0.25) is 5.91 Å². The Morgan fingerprint density at radius 2 is 1.67 bits per heavy atom. The maximum atomic E-state index is 12.3. The van der Waals surface area contributed by atoms with Crippen LogP contribution in [0.3, 0.4) is 0 Å². The van der Waals surface area contributed by atoms with Gasteiger partial charge in [0, 0.05) is 5.92 Å². The number of hydrogen-bond donors (Lipinski definition) is 1. The molecule has 1 amide bonds. The molecule has 0 saturated heterocycles. The van der Waals surface area contributed by atoms with Crippen molar-refractivity contribution in [3.63, 3.8) is 0 Å². The summed E-state index contributed by atoms with van der Waals surface area (Å²) in [6, 6.07) is 0. The molecule has 0 radical (unpaired) electrons. The number of rotatable bonds is 4. The van der Waals surface area contributed by atoms with Gasteiger partial charge < -0.3 is 0 Å². The molecule has 102 valence electrons. The van der Waals surface area contributed by atoms with Gasteiger partial charge in [0.05, 0.1) is 6.61 Å². The summed E-state index contributed by atoms with van der Waals surface area (Å²) in [5.41, 5.74) is 2.70. The Morgan fingerprint density at radius 1 is 1.11 bits per heavy atom. The number of carbonyl (C=O) groups is 1. The van der Waals surface area contributed by atoms with E-state index in [4.69, 9.17) is 4.84 Å². The van der Waals surface area contributed by atoms with Crippen LogP contribution < -0.4 is 5.48 Å². The van der Waals surface area contributed by atoms with Crippen LogP contribution in [0.5, 0.6) is 0 Å². The van der Waals surface area contributed by atoms with E-state index in [1.807, 2.05) is 0 Å². The Kier molecular flexibility index (Phi) is 3.35. The summed E-state index contributed by atoms with van der Waals surface area (Å²) >= 11 is 0. The van der Waals surface area contributed by atoms with Gasteiger partial charge in [-0.15, -0.1) is 0 Å². The van der Waals surface area contributed by atoms with Gasteiger partial charge in [0.15, 0.2) is 0 Å². The van der Waals surface area contributed by atoms with E-state index in [1.165, 1.54) is 32.1 Å². The smallest absolute Gasteiger partial charge is 0.247 e. The van der Waals surface area contributed by atoms with Crippen LogP contribution >= 0.6 is 0 Å². The fourth-order valence-corrected chi connectivity index (χ4v) is 4.70. The van der Waals surface area contributed by atoms with Crippen molar-refractivity contribution in [1.29, 1.82) is 0 Å². The Labute approximate surface area is 110 Å².